The molecule has 141 heavy (non-hydrogen) atoms. The molecule has 1 fully saturated rings. The smallest absolute Gasteiger partial charge is 1.00 e. The molecule has 15 heteroatoms. The Hall–Kier alpha value is -24.1. The third-order valence-corrected chi connectivity index (χ3v) is 10.5. The van der Waals surface area contributed by atoms with Gasteiger partial charge in [-0.05, 0) is 145 Å². The van der Waals surface area contributed by atoms with Crippen LogP contribution in [0.4, 0.5) is 0 Å². The van der Waals surface area contributed by atoms with Crippen molar-refractivity contribution in [3.8, 4) is 640 Å². The molecule has 0 aliphatic carbocycles. The summed E-state index contributed by atoms with van der Waals surface area (Å²) < 4.78 is 32.2. The van der Waals surface area contributed by atoms with Crippen molar-refractivity contribution in [3.05, 3.63) is 50.7 Å². The maximum absolute atomic E-state index is 11.4. The van der Waals surface area contributed by atoms with E-state index in [1.165, 1.54) is 25.0 Å². The first-order valence-corrected chi connectivity index (χ1v) is 37.8. The third kappa shape index (κ3) is 124. The van der Waals surface area contributed by atoms with Crippen molar-refractivity contribution in [1.29, 1.82) is 0 Å². The van der Waals surface area contributed by atoms with Crippen molar-refractivity contribution in [2.75, 3.05) is 39.7 Å². The van der Waals surface area contributed by atoms with Crippen LogP contribution < -0.4 is 64.2 Å². The van der Waals surface area contributed by atoms with Crippen molar-refractivity contribution in [3.63, 3.8) is 0 Å². The molecule has 0 unspecified atom stereocenters. The van der Waals surface area contributed by atoms with Gasteiger partial charge in [-0.1, -0.05) is 41.8 Å². The van der Waals surface area contributed by atoms with E-state index in [-0.39, 0.29) is 78.7 Å². The minimum atomic E-state index is -3.81. The number of aliphatic hydroxyl groups excluding tert-OH is 1. The summed E-state index contributed by atoms with van der Waals surface area (Å²) in [4.78, 5) is 4.90. The van der Waals surface area contributed by atoms with Crippen LogP contribution in [0.3, 0.4) is 0 Å². The molecule has 614 valence electrons. The minimum Gasteiger partial charge on any atom is -1.00 e. The molecule has 0 aromatic heterocycles. The molecule has 0 bridgehead atoms. The van der Waals surface area contributed by atoms with E-state index >= 15 is 0 Å². The largest absolute Gasteiger partial charge is 1.00 e. The number of nitrogens with zero attached hydrogens (tertiary/aromatic N) is 6. The van der Waals surface area contributed by atoms with Crippen LogP contribution in [0.2, 0.25) is 0 Å². The van der Waals surface area contributed by atoms with Crippen molar-refractivity contribution in [2.24, 2.45) is 10.2 Å². The first-order valence-electron chi connectivity index (χ1n) is 36.4. The Bertz CT molecular complexity index is 8570. The van der Waals surface area contributed by atoms with Gasteiger partial charge in [0.25, 0.3) is 10.1 Å². The van der Waals surface area contributed by atoms with E-state index in [2.05, 4.69) is 652 Å². The van der Waals surface area contributed by atoms with Gasteiger partial charge in [0.1, 0.15) is 6.73 Å². The fraction of sp³-hybridized carbons (Fsp3) is 0.0952. The molecule has 1 aliphatic rings. The molecule has 0 atom stereocenters. The van der Waals surface area contributed by atoms with Crippen LogP contribution in [0, 0.1) is 647 Å². The molecule has 12 nitrogen and oxygen atoms in total. The van der Waals surface area contributed by atoms with Crippen LogP contribution in [-0.2, 0) is 19.0 Å². The molecule has 1 saturated heterocycles. The van der Waals surface area contributed by atoms with Crippen molar-refractivity contribution in [2.45, 2.75) is 45.4 Å². The predicted octanol–water partition coefficient (Wildman–Crippen LogP) is -2.00. The van der Waals surface area contributed by atoms with Gasteiger partial charge in [0.2, 0.25) is 0 Å². The number of benzene rings is 1. The number of aryl methyl sites for hydroxylation is 1. The Morgan fingerprint density at radius 3 is 0.496 bits per heavy atom. The summed E-state index contributed by atoms with van der Waals surface area (Å²) in [7, 11) is -3.81. The van der Waals surface area contributed by atoms with E-state index in [0.717, 1.165) is 18.8 Å². The van der Waals surface area contributed by atoms with E-state index < -0.39 is 16.8 Å². The topological polar surface area (TPSA) is 193 Å². The molecule has 1 N–H and O–H groups in total. The number of ether oxygens (including phenoxy) is 1. The second-order valence-corrected chi connectivity index (χ2v) is 20.1. The maximum atomic E-state index is 11.4. The zero-order valence-corrected chi connectivity index (χ0v) is 79.5. The fourth-order valence-corrected chi connectivity index (χ4v) is 5.52. The molecule has 0 saturated carbocycles. The van der Waals surface area contributed by atoms with E-state index in [0.29, 0.717) is 6.54 Å². The van der Waals surface area contributed by atoms with Gasteiger partial charge >= 0.3 is 59.1 Å². The molecule has 1 aromatic rings. The number of hydrogen-bond acceptors (Lipinski definition) is 8. The van der Waals surface area contributed by atoms with Gasteiger partial charge in [0, 0.05) is 569 Å². The first kappa shape index (κ1) is 128. The second kappa shape index (κ2) is 122. The van der Waals surface area contributed by atoms with Crippen LogP contribution >= 0.6 is 0 Å². The number of aliphatic hydroxyl groups is 1. The average Bonchev–Trinajstić information content (AvgIpc) is 0.872. The fourth-order valence-electron chi connectivity index (χ4n) is 4.72. The molecule has 1 heterocycles. The van der Waals surface area contributed by atoms with Crippen molar-refractivity contribution >= 4 is 10.1 Å². The Kier molecular flexibility index (Phi) is 111. The van der Waals surface area contributed by atoms with Gasteiger partial charge in [0.05, 0.1) is 4.90 Å². The standard InChI is InChI=1S/C108H2.C8H9N3O3S.C4H8O.C2H5N3.C2H6O.C2H5O.2Na.H/c1-3-5-7-9-11-13-15-17-19-21-23-25-27-29-31-33-35-37-39-41-43-45-47-49-51-53-55-57-59-61-63-65-67-69-71-73-75-77-79-81-83-85-87-89-91-93-95-97-99-101-103-105-107-108-106-104-102-100-98-96-94-92-90-88-86-84-82-80-78-76-74-72-70-68-66-64-62-60-58-56-54-52-50-48-46-44-42-40-38-36-34-32-30-28-26-24-22-20-18-16-14-12-10-8-6-4-2;1-7-2-4-8(5-3-7)15(12,13)14-6-10-11-9;1-2-4-5-3-1;1-2-4-5-3;2*1-2-3;;;/h1-2H;2-5H,6H2,1H3;1-4H2;2H2,1H3;3H,2H2,1H3;2H2,1H3;;;/q;;;;;-1;2*+1;-1. The molecular formula is C126H36N6Na2O6S. The summed E-state index contributed by atoms with van der Waals surface area (Å²) in [5, 5.41) is 22.6. The van der Waals surface area contributed by atoms with Gasteiger partial charge in [-0.2, -0.15) is 8.42 Å². The van der Waals surface area contributed by atoms with E-state index in [1.807, 2.05) is 6.92 Å². The summed E-state index contributed by atoms with van der Waals surface area (Å²) in [6.07, 6.45) is 12.5. The van der Waals surface area contributed by atoms with Crippen LogP contribution in [0.5, 0.6) is 0 Å². The SMILES string of the molecule is C#CC#CC#CC#CC#CC#CC#CC#CC#CC#CC#CC#CC#CC#CC#CC#CC#CC#CC#CC#CC#CC#CC#CC#CC#CC#CC#CC#CC#CC#CC#CC#CC#CC#CC#CC#CC#CC#CC#CC#CC#CC#CC#CC#CC#CC#CC#CC#CC#CC#CC#CC#CC#CC#C.C1CCOC1.CCN=[N+]=[N-].CCO.CC[O-].Cc1ccc(S(=O)(=O)OCN=[N+]=[N-])cc1.[H-].[Na+].[Na+]. The van der Waals surface area contributed by atoms with Gasteiger partial charge < -0.3 is 16.4 Å². The molecule has 2 rings (SSSR count). The third-order valence-electron chi connectivity index (χ3n) is 9.25. The summed E-state index contributed by atoms with van der Waals surface area (Å²) >= 11 is 0. The van der Waals surface area contributed by atoms with Gasteiger partial charge in [-0.15, -0.1) is 19.5 Å². The van der Waals surface area contributed by atoms with E-state index in [1.54, 1.807) is 32.9 Å². The van der Waals surface area contributed by atoms with Crippen molar-refractivity contribution < 1.29 is 88.1 Å². The molecule has 0 amide bonds. The predicted molar refractivity (Wildman–Crippen MR) is 540 cm³/mol. The minimum absolute atomic E-state index is 0. The zero-order chi connectivity index (χ0) is 101. The van der Waals surface area contributed by atoms with Crippen LogP contribution in [-0.4, -0.2) is 53.2 Å². The number of azide groups is 2. The molecule has 1 aliphatic heterocycles. The normalized spacial score (nSPS) is 5.48. The summed E-state index contributed by atoms with van der Waals surface area (Å²) in [5.74, 6) is 263. The zero-order valence-electron chi connectivity index (χ0n) is 75.7. The molecule has 1 aromatic carbocycles. The Morgan fingerprint density at radius 2 is 0.411 bits per heavy atom. The molecule has 0 radical (unpaired) electrons. The average molecular weight is 1810 g/mol. The van der Waals surface area contributed by atoms with Gasteiger partial charge in [-0.25, -0.2) is 0 Å². The number of terminal acetylenes is 2. The summed E-state index contributed by atoms with van der Waals surface area (Å²) in [6, 6.07) is 6.18. The summed E-state index contributed by atoms with van der Waals surface area (Å²) in [5.41, 5.74) is 16.4. The molecule has 0 spiro atoms. The van der Waals surface area contributed by atoms with Crippen LogP contribution in [0.25, 0.3) is 20.9 Å². The quantitative estimate of drug-likeness (QED) is 0.0886. The summed E-state index contributed by atoms with van der Waals surface area (Å²) in [6.45, 7) is 9.15. The van der Waals surface area contributed by atoms with E-state index in [4.69, 9.17) is 38.9 Å². The van der Waals surface area contributed by atoms with Crippen molar-refractivity contribution in [1.82, 2.24) is 0 Å². The van der Waals surface area contributed by atoms with E-state index in [9.17, 15) is 8.42 Å². The van der Waals surface area contributed by atoms with Crippen LogP contribution in [0.15, 0.2) is 39.4 Å². The Balaban J connectivity index is -0.000000907. The first-order chi connectivity index (χ1) is 68.7. The Morgan fingerprint density at radius 1 is 0.291 bits per heavy atom. The maximum Gasteiger partial charge on any atom is 1.00 e. The Labute approximate surface area is 876 Å². The number of rotatable bonds is 5. The molecular weight excluding hydrogens is 1770 g/mol. The number of hydrogen-bond donors (Lipinski definition) is 1. The van der Waals surface area contributed by atoms with Gasteiger partial charge in [-0.3, -0.25) is 4.18 Å². The van der Waals surface area contributed by atoms with Gasteiger partial charge in [0.15, 0.2) is 0 Å². The second-order valence-electron chi connectivity index (χ2n) is 18.5. The monoisotopic (exact) mass is 1810 g/mol. The van der Waals surface area contributed by atoms with Crippen LogP contribution in [0.1, 0.15) is 40.6 Å².